The fourth-order valence-electron chi connectivity index (χ4n) is 9.39. The third-order valence-corrected chi connectivity index (χ3v) is 15.3. The number of hydrogen-bond donors (Lipinski definition) is 0. The Morgan fingerprint density at radius 2 is 0.720 bits per heavy atom. The van der Waals surface area contributed by atoms with Gasteiger partial charge in [0.25, 0.3) is 7.82 Å². The van der Waals surface area contributed by atoms with Crippen LogP contribution in [0.1, 0.15) is 316 Å². The van der Waals surface area contributed by atoms with Crippen molar-refractivity contribution < 1.29 is 42.1 Å². The van der Waals surface area contributed by atoms with Crippen molar-refractivity contribution in [1.29, 1.82) is 0 Å². The average molecular weight is 1080 g/mol. The minimum absolute atomic E-state index is 0.0298. The second-order valence-electron chi connectivity index (χ2n) is 23.1. The quantitative estimate of drug-likeness (QED) is 0.0195. The Morgan fingerprint density at radius 3 is 1.07 bits per heavy atom. The number of rotatable bonds is 60. The molecule has 2 unspecified atom stereocenters. The Kier molecular flexibility index (Phi) is 55.6. The van der Waals surface area contributed by atoms with Crippen LogP contribution in [0.2, 0.25) is 0 Å². The number of nitrogens with zero attached hydrogens (tertiary/aromatic N) is 1. The highest BCUT2D eigenvalue weighted by atomic mass is 31.2. The maximum atomic E-state index is 12.8. The summed E-state index contributed by atoms with van der Waals surface area (Å²) in [5, 5.41) is 0. The van der Waals surface area contributed by atoms with Gasteiger partial charge in [-0.25, -0.2) is 0 Å². The van der Waals surface area contributed by atoms with Gasteiger partial charge >= 0.3 is 11.9 Å². The minimum Gasteiger partial charge on any atom is -0.756 e. The van der Waals surface area contributed by atoms with E-state index >= 15 is 0 Å². The zero-order valence-electron chi connectivity index (χ0n) is 50.3. The van der Waals surface area contributed by atoms with Gasteiger partial charge in [0, 0.05) is 12.8 Å². The van der Waals surface area contributed by atoms with Crippen molar-refractivity contribution in [2.75, 3.05) is 47.5 Å². The first-order valence-electron chi connectivity index (χ1n) is 32.2. The van der Waals surface area contributed by atoms with Crippen LogP contribution in [0.25, 0.3) is 0 Å². The summed E-state index contributed by atoms with van der Waals surface area (Å²) in [6.07, 6.45) is 70.8. The number of phosphoric ester groups is 1. The van der Waals surface area contributed by atoms with Crippen molar-refractivity contribution >= 4 is 19.8 Å². The van der Waals surface area contributed by atoms with Crippen LogP contribution in [0.5, 0.6) is 0 Å². The Balaban J connectivity index is 3.96. The molecule has 75 heavy (non-hydrogen) atoms. The molecule has 442 valence electrons. The van der Waals surface area contributed by atoms with Crippen molar-refractivity contribution in [3.05, 3.63) is 36.5 Å². The summed E-state index contributed by atoms with van der Waals surface area (Å²) in [5.41, 5.74) is 0. The number of unbranched alkanes of at least 4 members (excludes halogenated alkanes) is 40. The second kappa shape index (κ2) is 56.9. The minimum atomic E-state index is -4.63. The van der Waals surface area contributed by atoms with Crippen LogP contribution >= 0.6 is 7.82 Å². The molecular weight excluding hydrogens is 954 g/mol. The lowest BCUT2D eigenvalue weighted by atomic mass is 10.0. The molecule has 0 radical (unpaired) electrons. The first kappa shape index (κ1) is 73.2. The number of hydrogen-bond acceptors (Lipinski definition) is 8. The van der Waals surface area contributed by atoms with E-state index < -0.39 is 26.5 Å². The van der Waals surface area contributed by atoms with Crippen molar-refractivity contribution in [3.8, 4) is 0 Å². The number of quaternary nitrogens is 1. The van der Waals surface area contributed by atoms with Crippen LogP contribution in [0, 0.1) is 0 Å². The van der Waals surface area contributed by atoms with Crippen molar-refractivity contribution in [3.63, 3.8) is 0 Å². The van der Waals surface area contributed by atoms with E-state index in [2.05, 4.69) is 50.3 Å². The predicted octanol–water partition coefficient (Wildman–Crippen LogP) is 19.7. The molecule has 0 aliphatic carbocycles. The van der Waals surface area contributed by atoms with E-state index in [0.717, 1.165) is 57.8 Å². The van der Waals surface area contributed by atoms with Gasteiger partial charge in [-0.2, -0.15) is 0 Å². The summed E-state index contributed by atoms with van der Waals surface area (Å²) in [4.78, 5) is 37.9. The van der Waals surface area contributed by atoms with Crippen LogP contribution < -0.4 is 4.89 Å². The molecule has 10 heteroatoms. The van der Waals surface area contributed by atoms with Crippen molar-refractivity contribution in [2.45, 2.75) is 322 Å². The molecule has 0 saturated heterocycles. The molecular formula is C65H124NO8P. The Hall–Kier alpha value is -1.77. The molecule has 0 aliphatic heterocycles. The molecule has 2 atom stereocenters. The van der Waals surface area contributed by atoms with E-state index in [9.17, 15) is 19.0 Å². The van der Waals surface area contributed by atoms with Crippen molar-refractivity contribution in [1.82, 2.24) is 0 Å². The predicted molar refractivity (Wildman–Crippen MR) is 319 cm³/mol. The normalized spacial score (nSPS) is 13.4. The second-order valence-corrected chi connectivity index (χ2v) is 24.5. The molecule has 0 heterocycles. The molecule has 0 aromatic rings. The van der Waals surface area contributed by atoms with E-state index in [1.54, 1.807) is 0 Å². The summed E-state index contributed by atoms with van der Waals surface area (Å²) < 4.78 is 34.2. The summed E-state index contributed by atoms with van der Waals surface area (Å²) >= 11 is 0. The zero-order chi connectivity index (χ0) is 54.9. The molecule has 9 nitrogen and oxygen atoms in total. The molecule has 0 saturated carbocycles. The first-order valence-corrected chi connectivity index (χ1v) is 33.7. The van der Waals surface area contributed by atoms with E-state index in [0.29, 0.717) is 17.4 Å². The lowest BCUT2D eigenvalue weighted by Gasteiger charge is -2.28. The highest BCUT2D eigenvalue weighted by Gasteiger charge is 2.22. The van der Waals surface area contributed by atoms with Crippen LogP contribution in [0.4, 0.5) is 0 Å². The maximum Gasteiger partial charge on any atom is 0.306 e. The van der Waals surface area contributed by atoms with Gasteiger partial charge in [0.2, 0.25) is 0 Å². The highest BCUT2D eigenvalue weighted by molar-refractivity contribution is 7.45. The molecule has 0 aromatic carbocycles. The number of carbonyl (C=O) groups is 2. The molecule has 0 fully saturated rings. The van der Waals surface area contributed by atoms with Crippen LogP contribution in [-0.4, -0.2) is 70.0 Å². The van der Waals surface area contributed by atoms with Gasteiger partial charge in [-0.15, -0.1) is 0 Å². The van der Waals surface area contributed by atoms with E-state index in [-0.39, 0.29) is 32.0 Å². The summed E-state index contributed by atoms with van der Waals surface area (Å²) in [5.74, 6) is -0.828. The third-order valence-electron chi connectivity index (χ3n) is 14.4. The van der Waals surface area contributed by atoms with Gasteiger partial charge in [0.05, 0.1) is 27.7 Å². The fourth-order valence-corrected chi connectivity index (χ4v) is 10.1. The maximum absolute atomic E-state index is 12.8. The number of allylic oxidation sites excluding steroid dienone is 6. The lowest BCUT2D eigenvalue weighted by molar-refractivity contribution is -0.870. The molecule has 0 spiro atoms. The SMILES string of the molecule is CCCCCCC/C=C\C/C=C\CCCCCCCCCCCCCCCCCCCCCCCCCC(=O)OC(COC(=O)CCCCCCC/C=C\CCCCCCCCC)COP(=O)([O-])OCC[N+](C)(C)C. The molecule has 0 N–H and O–H groups in total. The smallest absolute Gasteiger partial charge is 0.306 e. The lowest BCUT2D eigenvalue weighted by Crippen LogP contribution is -2.37. The van der Waals surface area contributed by atoms with Gasteiger partial charge in [-0.3, -0.25) is 14.2 Å². The van der Waals surface area contributed by atoms with E-state index in [4.69, 9.17) is 18.5 Å². The first-order chi connectivity index (χ1) is 36.5. The third kappa shape index (κ3) is 61.3. The number of ether oxygens (including phenoxy) is 2. The van der Waals surface area contributed by atoms with Crippen LogP contribution in [0.3, 0.4) is 0 Å². The number of carbonyl (C=O) groups excluding carboxylic acids is 2. The number of likely N-dealkylation sites (N-methyl/N-ethyl adjacent to an activating group) is 1. The summed E-state index contributed by atoms with van der Waals surface area (Å²) in [6.45, 7) is 4.26. The van der Waals surface area contributed by atoms with Gasteiger partial charge in [0.15, 0.2) is 6.10 Å². The van der Waals surface area contributed by atoms with Crippen molar-refractivity contribution in [2.24, 2.45) is 0 Å². The Labute approximate surface area is 465 Å². The summed E-state index contributed by atoms with van der Waals surface area (Å²) in [6, 6.07) is 0. The summed E-state index contributed by atoms with van der Waals surface area (Å²) in [7, 11) is 1.18. The molecule has 0 bridgehead atoms. The monoisotopic (exact) mass is 1080 g/mol. The largest absolute Gasteiger partial charge is 0.756 e. The number of esters is 2. The van der Waals surface area contributed by atoms with Gasteiger partial charge in [0.1, 0.15) is 19.8 Å². The van der Waals surface area contributed by atoms with E-state index in [1.807, 2.05) is 21.1 Å². The highest BCUT2D eigenvalue weighted by Crippen LogP contribution is 2.38. The average Bonchev–Trinajstić information content (AvgIpc) is 3.37. The Bertz CT molecular complexity index is 1360. The standard InChI is InChI=1S/C65H124NO8P/c1-6-8-10-12-14-16-18-20-22-24-25-26-27-28-29-30-31-32-33-34-35-36-37-38-39-40-41-42-44-46-48-50-52-54-56-58-65(68)74-63(62-73-75(69,70)72-60-59-66(3,4)5)61-71-64(67)57-55-53-51-49-47-45-43-23-21-19-17-15-13-11-9-7-2/h18,20,23-25,43,63H,6-17,19,21-22,26-42,44-62H2,1-5H3/b20-18-,25-24-,43-23-. The van der Waals surface area contributed by atoms with E-state index in [1.165, 1.54) is 225 Å². The van der Waals surface area contributed by atoms with Gasteiger partial charge in [-0.1, -0.05) is 269 Å². The Morgan fingerprint density at radius 1 is 0.413 bits per heavy atom. The van der Waals surface area contributed by atoms with Crippen LogP contribution in [-0.2, 0) is 32.7 Å². The van der Waals surface area contributed by atoms with Gasteiger partial charge < -0.3 is 27.9 Å². The molecule has 0 aromatic heterocycles. The van der Waals surface area contributed by atoms with Crippen LogP contribution in [0.15, 0.2) is 36.5 Å². The number of phosphoric acid groups is 1. The topological polar surface area (TPSA) is 111 Å². The molecule has 0 aliphatic rings. The molecule has 0 rings (SSSR count). The molecule has 0 amide bonds. The fraction of sp³-hybridized carbons (Fsp3) is 0.877. The zero-order valence-corrected chi connectivity index (χ0v) is 51.2. The van der Waals surface area contributed by atoms with Gasteiger partial charge in [-0.05, 0) is 70.6 Å².